The molecule has 134 valence electrons. The van der Waals surface area contributed by atoms with Crippen LogP contribution in [0.4, 0.5) is 5.69 Å². The Kier molecular flexibility index (Phi) is 3.79. The molecule has 2 unspecified atom stereocenters. The topological polar surface area (TPSA) is 87.1 Å². The lowest BCUT2D eigenvalue weighted by Gasteiger charge is -2.27. The van der Waals surface area contributed by atoms with Crippen molar-refractivity contribution in [1.82, 2.24) is 0 Å². The third kappa shape index (κ3) is 2.75. The lowest BCUT2D eigenvalue weighted by Crippen LogP contribution is -2.32. The molecule has 0 saturated carbocycles. The van der Waals surface area contributed by atoms with Crippen LogP contribution in [0.5, 0.6) is 0 Å². The number of nitrogens with zero attached hydrogens (tertiary/aromatic N) is 2. The van der Waals surface area contributed by atoms with Gasteiger partial charge in [0.05, 0.1) is 22.3 Å². The fourth-order valence-electron chi connectivity index (χ4n) is 3.19. The summed E-state index contributed by atoms with van der Waals surface area (Å²) in [6.45, 7) is 4.07. The Bertz CT molecular complexity index is 881. The van der Waals surface area contributed by atoms with Gasteiger partial charge in [-0.3, -0.25) is 10.1 Å². The molecule has 0 amide bonds. The third-order valence-electron chi connectivity index (χ3n) is 4.80. The summed E-state index contributed by atoms with van der Waals surface area (Å²) in [5.74, 6) is 1.61. The third-order valence-corrected chi connectivity index (χ3v) is 4.80. The van der Waals surface area contributed by atoms with Crippen molar-refractivity contribution in [3.8, 4) is 0 Å². The summed E-state index contributed by atoms with van der Waals surface area (Å²) in [6, 6.07) is 10.1. The van der Waals surface area contributed by atoms with E-state index >= 15 is 0 Å². The number of nitro benzene ring substituents is 1. The number of allylic oxidation sites excluding steroid dienone is 1. The maximum atomic E-state index is 10.8. The van der Waals surface area contributed by atoms with Crippen LogP contribution < -0.4 is 0 Å². The minimum absolute atomic E-state index is 0.0465. The van der Waals surface area contributed by atoms with Gasteiger partial charge in [0.15, 0.2) is 6.10 Å². The summed E-state index contributed by atoms with van der Waals surface area (Å²) in [5.41, 5.74) is 1.14. The molecule has 4 rings (SSSR count). The van der Waals surface area contributed by atoms with Gasteiger partial charge in [0.25, 0.3) is 5.69 Å². The number of non-ortho nitro benzene ring substituents is 1. The molecule has 26 heavy (non-hydrogen) atoms. The van der Waals surface area contributed by atoms with Crippen molar-refractivity contribution in [2.24, 2.45) is 5.16 Å². The van der Waals surface area contributed by atoms with E-state index < -0.39 is 10.3 Å². The van der Waals surface area contributed by atoms with Crippen molar-refractivity contribution in [2.75, 3.05) is 0 Å². The van der Waals surface area contributed by atoms with E-state index in [0.29, 0.717) is 12.1 Å². The largest absolute Gasteiger partial charge is 0.489 e. The molecular weight excluding hydrogens is 336 g/mol. The van der Waals surface area contributed by atoms with Crippen LogP contribution in [0.25, 0.3) is 0 Å². The highest BCUT2D eigenvalue weighted by Crippen LogP contribution is 2.39. The van der Waals surface area contributed by atoms with Gasteiger partial charge in [-0.2, -0.15) is 0 Å². The summed E-state index contributed by atoms with van der Waals surface area (Å²) in [7, 11) is 0. The first-order chi connectivity index (χ1) is 12.4. The monoisotopic (exact) mass is 354 g/mol. The molecule has 2 aromatic rings. The smallest absolute Gasteiger partial charge is 0.269 e. The van der Waals surface area contributed by atoms with Gasteiger partial charge < -0.3 is 14.0 Å². The average Bonchev–Trinajstić information content (AvgIpc) is 3.31. The average molecular weight is 354 g/mol. The first-order valence-corrected chi connectivity index (χ1v) is 8.35. The van der Waals surface area contributed by atoms with E-state index in [2.05, 4.69) is 5.16 Å². The molecule has 0 fully saturated rings. The molecule has 0 N–H and O–H groups in total. The van der Waals surface area contributed by atoms with Crippen molar-refractivity contribution >= 4 is 11.4 Å². The zero-order valence-electron chi connectivity index (χ0n) is 14.4. The number of oxime groups is 1. The maximum Gasteiger partial charge on any atom is 0.269 e. The highest BCUT2D eigenvalue weighted by atomic mass is 16.7. The fraction of sp³-hybridized carbons (Fsp3) is 0.316. The molecule has 0 spiro atoms. The van der Waals surface area contributed by atoms with Gasteiger partial charge in [0.2, 0.25) is 0 Å². The first kappa shape index (κ1) is 16.4. The number of rotatable bonds is 4. The zero-order chi connectivity index (χ0) is 18.3. The summed E-state index contributed by atoms with van der Waals surface area (Å²) in [4.78, 5) is 16.0. The normalized spacial score (nSPS) is 21.9. The number of ether oxygens (including phenoxy) is 1. The molecular formula is C19H18N2O5. The standard InChI is InChI=1S/C19H18N2O5/c1-19(2,17-4-3-9-24-17)18-11-16-15(25-18)10-14(20-26-16)12-5-7-13(8-6-12)21(22)23/h3-9,11,15-16H,10H2,1-2H3. The first-order valence-electron chi connectivity index (χ1n) is 8.35. The van der Waals surface area contributed by atoms with Crippen LogP contribution in [-0.2, 0) is 15.0 Å². The Balaban J connectivity index is 1.50. The molecule has 2 aliphatic heterocycles. The van der Waals surface area contributed by atoms with Crippen LogP contribution in [0.2, 0.25) is 0 Å². The summed E-state index contributed by atoms with van der Waals surface area (Å²) in [5, 5.41) is 15.0. The van der Waals surface area contributed by atoms with Gasteiger partial charge in [0, 0.05) is 24.6 Å². The minimum Gasteiger partial charge on any atom is -0.489 e. The van der Waals surface area contributed by atoms with E-state index in [1.165, 1.54) is 12.1 Å². The van der Waals surface area contributed by atoms with Gasteiger partial charge in [-0.15, -0.1) is 0 Å². The summed E-state index contributed by atoms with van der Waals surface area (Å²) in [6.07, 6.45) is 3.73. The second-order valence-electron chi connectivity index (χ2n) is 6.91. The zero-order valence-corrected chi connectivity index (χ0v) is 14.4. The molecule has 0 saturated heterocycles. The van der Waals surface area contributed by atoms with Crippen molar-refractivity contribution in [3.63, 3.8) is 0 Å². The van der Waals surface area contributed by atoms with E-state index in [0.717, 1.165) is 17.1 Å². The van der Waals surface area contributed by atoms with E-state index in [1.54, 1.807) is 18.4 Å². The van der Waals surface area contributed by atoms with E-state index in [-0.39, 0.29) is 17.9 Å². The number of hydrogen-bond acceptors (Lipinski definition) is 6. The Hall–Kier alpha value is -3.09. The van der Waals surface area contributed by atoms with E-state index in [9.17, 15) is 10.1 Å². The van der Waals surface area contributed by atoms with Crippen LogP contribution in [0.1, 0.15) is 31.6 Å². The second kappa shape index (κ2) is 6.01. The Morgan fingerprint density at radius 3 is 2.65 bits per heavy atom. The number of benzene rings is 1. The van der Waals surface area contributed by atoms with Crippen molar-refractivity contribution in [2.45, 2.75) is 37.9 Å². The quantitative estimate of drug-likeness (QED) is 0.613. The molecule has 7 heteroatoms. The Morgan fingerprint density at radius 1 is 1.23 bits per heavy atom. The van der Waals surface area contributed by atoms with Gasteiger partial charge in [0.1, 0.15) is 17.6 Å². The summed E-state index contributed by atoms with van der Waals surface area (Å²) >= 11 is 0. The summed E-state index contributed by atoms with van der Waals surface area (Å²) < 4.78 is 11.7. The molecule has 7 nitrogen and oxygen atoms in total. The molecule has 0 bridgehead atoms. The predicted octanol–water partition coefficient (Wildman–Crippen LogP) is 3.94. The van der Waals surface area contributed by atoms with Gasteiger partial charge >= 0.3 is 0 Å². The highest BCUT2D eigenvalue weighted by molar-refractivity contribution is 6.01. The molecule has 1 aromatic heterocycles. The fourth-order valence-corrected chi connectivity index (χ4v) is 3.19. The molecule has 1 aromatic carbocycles. The van der Waals surface area contributed by atoms with Crippen LogP contribution in [-0.4, -0.2) is 22.8 Å². The molecule has 2 atom stereocenters. The number of fused-ring (bicyclic) bond motifs is 1. The Morgan fingerprint density at radius 2 is 2.00 bits per heavy atom. The molecule has 0 radical (unpaired) electrons. The SMILES string of the molecule is CC(C)(C1=CC2ON=C(c3ccc([N+](=O)[O-])cc3)CC2O1)c1ccco1. The van der Waals surface area contributed by atoms with Gasteiger partial charge in [-0.05, 0) is 43.7 Å². The molecule has 3 heterocycles. The number of hydrogen-bond donors (Lipinski definition) is 0. The van der Waals surface area contributed by atoms with Crippen LogP contribution >= 0.6 is 0 Å². The van der Waals surface area contributed by atoms with Crippen LogP contribution in [0, 0.1) is 10.1 Å². The van der Waals surface area contributed by atoms with Crippen molar-refractivity contribution in [3.05, 3.63) is 75.9 Å². The van der Waals surface area contributed by atoms with E-state index in [1.807, 2.05) is 32.1 Å². The molecule has 2 aliphatic rings. The van der Waals surface area contributed by atoms with Crippen LogP contribution in [0.15, 0.2) is 64.1 Å². The second-order valence-corrected chi connectivity index (χ2v) is 6.91. The predicted molar refractivity (Wildman–Crippen MR) is 93.8 cm³/mol. The Labute approximate surface area is 150 Å². The lowest BCUT2D eigenvalue weighted by molar-refractivity contribution is -0.384. The lowest BCUT2D eigenvalue weighted by atomic mass is 9.87. The van der Waals surface area contributed by atoms with Crippen molar-refractivity contribution < 1.29 is 18.9 Å². The van der Waals surface area contributed by atoms with Crippen molar-refractivity contribution in [1.29, 1.82) is 0 Å². The maximum absolute atomic E-state index is 10.8. The molecule has 0 aliphatic carbocycles. The minimum atomic E-state index is -0.425. The van der Waals surface area contributed by atoms with Crippen LogP contribution in [0.3, 0.4) is 0 Å². The van der Waals surface area contributed by atoms with E-state index in [4.69, 9.17) is 14.0 Å². The highest BCUT2D eigenvalue weighted by Gasteiger charge is 2.42. The van der Waals surface area contributed by atoms with Gasteiger partial charge in [-0.25, -0.2) is 0 Å². The van der Waals surface area contributed by atoms with Gasteiger partial charge in [-0.1, -0.05) is 5.16 Å². The number of furan rings is 1. The number of nitro groups is 1.